The smallest absolute Gasteiger partial charge is 0.0115 e. The Morgan fingerprint density at radius 1 is 1.08 bits per heavy atom. The Bertz CT molecular complexity index is 99.2. The summed E-state index contributed by atoms with van der Waals surface area (Å²) in [5, 5.41) is 0. The molecule has 0 fully saturated rings. The van der Waals surface area contributed by atoms with Crippen LogP contribution in [0.25, 0.3) is 0 Å². The van der Waals surface area contributed by atoms with E-state index in [0.717, 1.165) is 12.0 Å². The van der Waals surface area contributed by atoms with E-state index in [-0.39, 0.29) is 0 Å². The Morgan fingerprint density at radius 3 is 1.92 bits per heavy atom. The van der Waals surface area contributed by atoms with Crippen molar-refractivity contribution >= 4 is 0 Å². The molecule has 0 radical (unpaired) electrons. The Labute approximate surface area is 78.1 Å². The van der Waals surface area contributed by atoms with Crippen molar-refractivity contribution < 1.29 is 0 Å². The minimum absolute atomic E-state index is 0.787. The Morgan fingerprint density at radius 2 is 1.67 bits per heavy atom. The Balaban J connectivity index is 4.02. The second kappa shape index (κ2) is 6.47. The van der Waals surface area contributed by atoms with Gasteiger partial charge in [-0.15, -0.1) is 0 Å². The highest BCUT2D eigenvalue weighted by molar-refractivity contribution is 4.71. The number of hydrogen-bond acceptors (Lipinski definition) is 1. The molecule has 0 heterocycles. The summed E-state index contributed by atoms with van der Waals surface area (Å²) in [6, 6.07) is 0.787. The van der Waals surface area contributed by atoms with Gasteiger partial charge in [-0.2, -0.15) is 0 Å². The van der Waals surface area contributed by atoms with Gasteiger partial charge in [-0.1, -0.05) is 34.6 Å². The molecule has 74 valence electrons. The Hall–Kier alpha value is -0.0400. The summed E-state index contributed by atoms with van der Waals surface area (Å²) in [5.74, 6) is 0.793. The molecule has 1 heteroatoms. The van der Waals surface area contributed by atoms with Crippen LogP contribution < -0.4 is 0 Å². The lowest BCUT2D eigenvalue weighted by atomic mass is 10.00. The normalized spacial score (nSPS) is 14.2. The zero-order valence-electron chi connectivity index (χ0n) is 9.43. The molecule has 0 bridgehead atoms. The van der Waals surface area contributed by atoms with Crippen molar-refractivity contribution in [2.45, 2.75) is 53.5 Å². The maximum absolute atomic E-state index is 2.60. The second-order valence-corrected chi connectivity index (χ2v) is 3.85. The van der Waals surface area contributed by atoms with Crippen molar-refractivity contribution in [3.63, 3.8) is 0 Å². The molecule has 0 aliphatic rings. The van der Waals surface area contributed by atoms with Crippen LogP contribution in [0.5, 0.6) is 0 Å². The van der Waals surface area contributed by atoms with E-state index in [1.807, 2.05) is 0 Å². The molecule has 0 saturated heterocycles. The van der Waals surface area contributed by atoms with E-state index < -0.39 is 0 Å². The number of rotatable bonds is 6. The zero-order chi connectivity index (χ0) is 9.56. The van der Waals surface area contributed by atoms with Crippen molar-refractivity contribution in [1.29, 1.82) is 0 Å². The molecule has 0 rings (SSSR count). The molecule has 0 amide bonds. The summed E-state index contributed by atoms with van der Waals surface area (Å²) in [5.41, 5.74) is 0. The number of hydrogen-bond donors (Lipinski definition) is 0. The monoisotopic (exact) mass is 171 g/mol. The summed E-state index contributed by atoms with van der Waals surface area (Å²) in [7, 11) is 0. The molecular formula is C11H25N. The van der Waals surface area contributed by atoms with Crippen molar-refractivity contribution in [2.75, 3.05) is 13.1 Å². The maximum atomic E-state index is 2.60. The molecule has 0 aromatic rings. The lowest BCUT2D eigenvalue weighted by Crippen LogP contribution is -2.38. The second-order valence-electron chi connectivity index (χ2n) is 3.85. The topological polar surface area (TPSA) is 3.24 Å². The SMILES string of the molecule is CCCN(CC)C(CC)C(C)C. The van der Waals surface area contributed by atoms with Gasteiger partial charge in [0.2, 0.25) is 0 Å². The molecular weight excluding hydrogens is 146 g/mol. The third-order valence-corrected chi connectivity index (χ3v) is 2.57. The van der Waals surface area contributed by atoms with E-state index in [1.165, 1.54) is 25.9 Å². The van der Waals surface area contributed by atoms with Gasteiger partial charge in [-0.3, -0.25) is 0 Å². The van der Waals surface area contributed by atoms with E-state index in [2.05, 4.69) is 39.5 Å². The van der Waals surface area contributed by atoms with E-state index in [1.54, 1.807) is 0 Å². The van der Waals surface area contributed by atoms with Crippen LogP contribution >= 0.6 is 0 Å². The van der Waals surface area contributed by atoms with Gasteiger partial charge in [0.1, 0.15) is 0 Å². The van der Waals surface area contributed by atoms with Crippen molar-refractivity contribution in [3.8, 4) is 0 Å². The van der Waals surface area contributed by atoms with Crippen LogP contribution in [-0.2, 0) is 0 Å². The summed E-state index contributed by atoms with van der Waals surface area (Å²) in [6.45, 7) is 13.9. The standard InChI is InChI=1S/C11H25N/c1-6-9-12(8-3)11(7-2)10(4)5/h10-11H,6-9H2,1-5H3. The van der Waals surface area contributed by atoms with Crippen LogP contribution in [0.3, 0.4) is 0 Å². The minimum atomic E-state index is 0.787. The molecule has 0 aliphatic carbocycles. The first-order valence-corrected chi connectivity index (χ1v) is 5.41. The van der Waals surface area contributed by atoms with E-state index >= 15 is 0 Å². The highest BCUT2D eigenvalue weighted by Crippen LogP contribution is 2.14. The van der Waals surface area contributed by atoms with E-state index in [4.69, 9.17) is 0 Å². The fourth-order valence-electron chi connectivity index (χ4n) is 2.00. The first-order valence-electron chi connectivity index (χ1n) is 5.41. The number of nitrogens with zero attached hydrogens (tertiary/aromatic N) is 1. The molecule has 1 atom stereocenters. The van der Waals surface area contributed by atoms with Crippen LogP contribution in [-0.4, -0.2) is 24.0 Å². The summed E-state index contributed by atoms with van der Waals surface area (Å²) in [4.78, 5) is 2.60. The third-order valence-electron chi connectivity index (χ3n) is 2.57. The summed E-state index contributed by atoms with van der Waals surface area (Å²) in [6.07, 6.45) is 2.56. The van der Waals surface area contributed by atoms with Gasteiger partial charge in [-0.25, -0.2) is 0 Å². The van der Waals surface area contributed by atoms with E-state index in [0.29, 0.717) is 0 Å². The molecule has 0 spiro atoms. The van der Waals surface area contributed by atoms with Gasteiger partial charge in [0, 0.05) is 6.04 Å². The summed E-state index contributed by atoms with van der Waals surface area (Å²) >= 11 is 0. The zero-order valence-corrected chi connectivity index (χ0v) is 9.43. The third kappa shape index (κ3) is 3.57. The van der Waals surface area contributed by atoms with Gasteiger partial charge < -0.3 is 4.90 Å². The van der Waals surface area contributed by atoms with Gasteiger partial charge >= 0.3 is 0 Å². The predicted octanol–water partition coefficient (Wildman–Crippen LogP) is 3.15. The van der Waals surface area contributed by atoms with Gasteiger partial charge in [0.15, 0.2) is 0 Å². The van der Waals surface area contributed by atoms with Crippen LogP contribution in [0, 0.1) is 5.92 Å². The first-order chi connectivity index (χ1) is 5.67. The van der Waals surface area contributed by atoms with Crippen molar-refractivity contribution in [2.24, 2.45) is 5.92 Å². The fraction of sp³-hybridized carbons (Fsp3) is 1.00. The van der Waals surface area contributed by atoms with Crippen molar-refractivity contribution in [1.82, 2.24) is 4.90 Å². The molecule has 1 nitrogen and oxygen atoms in total. The molecule has 0 N–H and O–H groups in total. The van der Waals surface area contributed by atoms with E-state index in [9.17, 15) is 0 Å². The minimum Gasteiger partial charge on any atom is -0.300 e. The molecule has 1 unspecified atom stereocenters. The molecule has 0 saturated carbocycles. The molecule has 0 aromatic carbocycles. The predicted molar refractivity (Wildman–Crippen MR) is 56.5 cm³/mol. The van der Waals surface area contributed by atoms with Gasteiger partial charge in [-0.05, 0) is 31.8 Å². The lowest BCUT2D eigenvalue weighted by Gasteiger charge is -2.32. The van der Waals surface area contributed by atoms with Crippen LogP contribution in [0.1, 0.15) is 47.5 Å². The highest BCUT2D eigenvalue weighted by Gasteiger charge is 2.17. The van der Waals surface area contributed by atoms with Crippen molar-refractivity contribution in [3.05, 3.63) is 0 Å². The fourth-order valence-corrected chi connectivity index (χ4v) is 2.00. The molecule has 0 aromatic heterocycles. The maximum Gasteiger partial charge on any atom is 0.0115 e. The molecule has 0 aliphatic heterocycles. The highest BCUT2D eigenvalue weighted by atomic mass is 15.1. The van der Waals surface area contributed by atoms with Crippen LogP contribution in [0.15, 0.2) is 0 Å². The molecule has 12 heavy (non-hydrogen) atoms. The first kappa shape index (κ1) is 12.0. The lowest BCUT2D eigenvalue weighted by molar-refractivity contribution is 0.158. The van der Waals surface area contributed by atoms with Crippen LogP contribution in [0.2, 0.25) is 0 Å². The average Bonchev–Trinajstić information content (AvgIpc) is 2.03. The quantitative estimate of drug-likeness (QED) is 0.593. The average molecular weight is 171 g/mol. The van der Waals surface area contributed by atoms with Gasteiger partial charge in [0.25, 0.3) is 0 Å². The van der Waals surface area contributed by atoms with Gasteiger partial charge in [0.05, 0.1) is 0 Å². The largest absolute Gasteiger partial charge is 0.300 e. The Kier molecular flexibility index (Phi) is 6.45. The van der Waals surface area contributed by atoms with Crippen LogP contribution in [0.4, 0.5) is 0 Å². The summed E-state index contributed by atoms with van der Waals surface area (Å²) < 4.78 is 0.